The van der Waals surface area contributed by atoms with Crippen LogP contribution in [0, 0.1) is 0 Å². The molecule has 0 fully saturated rings. The molecule has 0 saturated carbocycles. The van der Waals surface area contributed by atoms with Crippen molar-refractivity contribution < 1.29 is 98.0 Å². The van der Waals surface area contributed by atoms with Gasteiger partial charge in [0.1, 0.15) is 0 Å². The molecule has 0 unspecified atom stereocenters. The quantitative estimate of drug-likeness (QED) is 0.0891. The number of esters is 2. The van der Waals surface area contributed by atoms with Gasteiger partial charge in [-0.2, -0.15) is 0 Å². The Balaban J connectivity index is -0.000000451. The van der Waals surface area contributed by atoms with Crippen LogP contribution in [0.2, 0.25) is 0 Å². The summed E-state index contributed by atoms with van der Waals surface area (Å²) in [5.74, 6) is -2.96. The van der Waals surface area contributed by atoms with Crippen molar-refractivity contribution in [2.24, 2.45) is 0 Å². The minimum Gasteiger partial charge on any atom is -0.545 e. The molecule has 0 aromatic rings. The van der Waals surface area contributed by atoms with Gasteiger partial charge in [0, 0.05) is 11.1 Å². The fourth-order valence-corrected chi connectivity index (χ4v) is 3.19. The van der Waals surface area contributed by atoms with Crippen LogP contribution in [0.4, 0.5) is 0 Å². The van der Waals surface area contributed by atoms with E-state index in [-0.39, 0.29) is 82.2 Å². The fourth-order valence-electron chi connectivity index (χ4n) is 3.19. The third-order valence-corrected chi connectivity index (χ3v) is 6.32. The second-order valence-electron chi connectivity index (χ2n) is 11.3. The molecule has 0 radical (unpaired) electrons. The molecule has 0 spiro atoms. The Hall–Kier alpha value is -3.76. The van der Waals surface area contributed by atoms with Crippen molar-refractivity contribution in [3.63, 3.8) is 0 Å². The number of rotatable bonds is 18. The number of carboxylic acids is 2. The normalized spacial score (nSPS) is 14.1. The van der Waals surface area contributed by atoms with E-state index in [1.165, 1.54) is 26.0 Å². The summed E-state index contributed by atoms with van der Waals surface area (Å²) in [4.78, 5) is 44.0. The van der Waals surface area contributed by atoms with Crippen molar-refractivity contribution in [3.05, 3.63) is 166 Å². The van der Waals surface area contributed by atoms with Gasteiger partial charge in [0.2, 0.25) is 0 Å². The van der Waals surface area contributed by atoms with Crippen LogP contribution in [0.3, 0.4) is 0 Å². The first kappa shape index (κ1) is 57.0. The van der Waals surface area contributed by atoms with Crippen LogP contribution in [0.25, 0.3) is 0 Å². The Morgan fingerprint density at radius 1 is 0.389 bits per heavy atom. The van der Waals surface area contributed by atoms with E-state index in [9.17, 15) is 29.4 Å². The van der Waals surface area contributed by atoms with E-state index in [4.69, 9.17) is 9.47 Å². The predicted molar refractivity (Wildman–Crippen MR) is 208 cm³/mol. The van der Waals surface area contributed by atoms with Gasteiger partial charge >= 0.3 is 71.1 Å². The molecule has 0 saturated heterocycles. The molecule has 54 heavy (non-hydrogen) atoms. The minimum atomic E-state index is -1.18. The Labute approximate surface area is 367 Å². The molecule has 0 aromatic carbocycles. The third kappa shape index (κ3) is 34.0. The Morgan fingerprint density at radius 3 is 0.815 bits per heavy atom. The number of hydrogen-bond acceptors (Lipinski definition) is 8. The van der Waals surface area contributed by atoms with E-state index in [0.29, 0.717) is 24.4 Å². The van der Waals surface area contributed by atoms with Crippen molar-refractivity contribution in [2.75, 3.05) is 13.2 Å². The first-order valence-electron chi connectivity index (χ1n) is 16.8. The summed E-state index contributed by atoms with van der Waals surface area (Å²) in [7, 11) is 0. The topological polar surface area (TPSA) is 133 Å². The number of carbonyl (C=O) groups is 4. The Morgan fingerprint density at radius 2 is 0.611 bits per heavy atom. The van der Waals surface area contributed by atoms with Gasteiger partial charge in [0.15, 0.2) is 0 Å². The number of hydrogen-bond donors (Lipinski definition) is 0. The van der Waals surface area contributed by atoms with E-state index in [1.54, 1.807) is 64.2 Å². The van der Waals surface area contributed by atoms with Crippen LogP contribution >= 0.6 is 0 Å². The van der Waals surface area contributed by atoms with Crippen molar-refractivity contribution in [2.45, 2.75) is 69.2 Å². The Bertz CT molecular complexity index is 1530. The van der Waals surface area contributed by atoms with Gasteiger partial charge in [0.25, 0.3) is 0 Å². The van der Waals surface area contributed by atoms with E-state index >= 15 is 0 Å². The van der Waals surface area contributed by atoms with Crippen LogP contribution in [0.1, 0.15) is 69.2 Å². The number of aliphatic carboxylic acids is 2. The van der Waals surface area contributed by atoms with Crippen LogP contribution in [0.5, 0.6) is 0 Å². The van der Waals surface area contributed by atoms with Gasteiger partial charge in [-0.15, -0.1) is 0 Å². The van der Waals surface area contributed by atoms with E-state index < -0.39 is 11.9 Å². The van der Waals surface area contributed by atoms with Gasteiger partial charge in [-0.3, -0.25) is 0 Å². The van der Waals surface area contributed by atoms with Gasteiger partial charge in [0.05, 0.1) is 25.2 Å². The smallest absolute Gasteiger partial charge is 0.545 e. The monoisotopic (exact) mass is 756 g/mol. The average Bonchev–Trinajstić information content (AvgIpc) is 3.08. The molecule has 280 valence electrons. The predicted octanol–water partition coefficient (Wildman–Crippen LogP) is 1.51. The van der Waals surface area contributed by atoms with Crippen LogP contribution < -0.4 is 69.3 Å². The van der Waals surface area contributed by atoms with Crippen LogP contribution in [0.15, 0.2) is 166 Å². The number of carbonyl (C=O) groups excluding carboxylic acids is 4. The summed E-state index contributed by atoms with van der Waals surface area (Å²) in [6, 6.07) is 0. The average molecular weight is 757 g/mol. The number of allylic oxidation sites excluding steroid dienone is 24. The standard InChI is InChI=1S/C24H32O4.C20H24O4.2Na/c1-7-27-23(25)21(5)17-11-15-19(3)13-9-10-14-20(4)16-12-18-22(6)24(26)28-8-2;1-15(11-7-13-17(3)19(21)22)9-5-6-10-16(2)12-8-14-18(4)20(23)24;;/h9-18H,7-8H2,1-6H3;5-14H,1-4H3,(H,21,22)(H,23,24);;/q;;2*+1/p-2/b10-9+,15-11+,16-12+,19-13+,20-14+,21-17+,22-18+;6-5+,11-7+,12-8+,15-9+,16-10+,17-13+,18-14+;;. The molecule has 0 rings (SSSR count). The molecule has 8 nitrogen and oxygen atoms in total. The molecule has 0 aromatic heterocycles. The second kappa shape index (κ2) is 36.2. The van der Waals surface area contributed by atoms with Crippen molar-refractivity contribution in [1.29, 1.82) is 0 Å². The van der Waals surface area contributed by atoms with Crippen LogP contribution in [-0.2, 0) is 28.7 Å². The first-order chi connectivity index (χ1) is 24.5. The molecule has 0 aliphatic heterocycles. The molecule has 0 heterocycles. The molecular formula is C44H54Na2O8. The van der Waals surface area contributed by atoms with Crippen LogP contribution in [-0.4, -0.2) is 37.1 Å². The number of ether oxygens (including phenoxy) is 2. The summed E-state index contributed by atoms with van der Waals surface area (Å²) in [5, 5.41) is 21.0. The van der Waals surface area contributed by atoms with E-state index in [0.717, 1.165) is 22.3 Å². The zero-order valence-electron chi connectivity index (χ0n) is 34.2. The minimum absolute atomic E-state index is 0. The summed E-state index contributed by atoms with van der Waals surface area (Å²) < 4.78 is 9.84. The maximum atomic E-state index is 11.5. The zero-order chi connectivity index (χ0) is 39.9. The molecule has 0 amide bonds. The van der Waals surface area contributed by atoms with Gasteiger partial charge in [-0.05, 0) is 80.4 Å². The van der Waals surface area contributed by atoms with Gasteiger partial charge in [-0.1, -0.05) is 144 Å². The molecule has 0 atom stereocenters. The van der Waals surface area contributed by atoms with Gasteiger partial charge < -0.3 is 29.3 Å². The number of carboxylic acid groups (broad SMARTS) is 2. The van der Waals surface area contributed by atoms with Crippen molar-refractivity contribution in [1.82, 2.24) is 0 Å². The maximum Gasteiger partial charge on any atom is 1.00 e. The van der Waals surface area contributed by atoms with Gasteiger partial charge in [-0.25, -0.2) is 9.59 Å². The molecule has 0 N–H and O–H groups in total. The first-order valence-corrected chi connectivity index (χ1v) is 16.8. The summed E-state index contributed by atoms with van der Waals surface area (Å²) in [5.41, 5.74) is 5.51. The third-order valence-electron chi connectivity index (χ3n) is 6.32. The summed E-state index contributed by atoms with van der Waals surface area (Å²) in [6.45, 7) is 18.5. The molecule has 10 heteroatoms. The largest absolute Gasteiger partial charge is 1.00 e. The van der Waals surface area contributed by atoms with Crippen molar-refractivity contribution >= 4 is 23.9 Å². The molecule has 0 aliphatic carbocycles. The van der Waals surface area contributed by atoms with Crippen molar-refractivity contribution in [3.8, 4) is 0 Å². The summed E-state index contributed by atoms with van der Waals surface area (Å²) in [6.07, 6.45) is 36.1. The summed E-state index contributed by atoms with van der Waals surface area (Å²) >= 11 is 0. The maximum absolute atomic E-state index is 11.5. The fraction of sp³-hybridized carbons (Fsp3) is 0.273. The second-order valence-corrected chi connectivity index (χ2v) is 11.3. The Kier molecular flexibility index (Phi) is 38.2. The molecular weight excluding hydrogens is 702 g/mol. The SMILES string of the molecule is CC(/C=C/C=C(\C)C(=O)[O-])=C\C=C\C=C(C)\C=C\C=C(/C)C(=O)[O-].CCOC(=O)/C(C)=C/C=C/C(C)=C/C=C/C=C(C)/C=C/C=C(\C)C(=O)OCC.[Na+].[Na+]. The van der Waals surface area contributed by atoms with E-state index in [1.807, 2.05) is 101 Å². The molecule has 0 bridgehead atoms. The zero-order valence-corrected chi connectivity index (χ0v) is 38.2. The van der Waals surface area contributed by atoms with E-state index in [2.05, 4.69) is 0 Å². The molecule has 0 aliphatic rings.